The molecule has 14 nitrogen and oxygen atoms in total. The summed E-state index contributed by atoms with van der Waals surface area (Å²) in [7, 11) is 3.13. The molecule has 0 radical (unpaired) electrons. The minimum atomic E-state index is -0.337. The highest BCUT2D eigenvalue weighted by molar-refractivity contribution is 5.80. The highest BCUT2D eigenvalue weighted by Gasteiger charge is 2.23. The number of Topliss-reactive ketones (excluding diaryl/α,β-unsaturated/α-hetero) is 1. The van der Waals surface area contributed by atoms with E-state index in [1.54, 1.807) is 64.2 Å². The number of benzene rings is 2. The molecule has 2 aromatic carbocycles. The zero-order valence-electron chi connectivity index (χ0n) is 35.4. The number of nitrogens with zero attached hydrogens (tertiary/aromatic N) is 6. The average Bonchev–Trinajstić information content (AvgIpc) is 3.86. The van der Waals surface area contributed by atoms with Crippen molar-refractivity contribution in [3.05, 3.63) is 108 Å². The summed E-state index contributed by atoms with van der Waals surface area (Å²) in [6, 6.07) is 19.0. The van der Waals surface area contributed by atoms with Crippen molar-refractivity contribution in [1.29, 1.82) is 0 Å². The van der Waals surface area contributed by atoms with Crippen molar-refractivity contribution in [2.45, 2.75) is 97.2 Å². The van der Waals surface area contributed by atoms with Gasteiger partial charge in [-0.2, -0.15) is 10.2 Å². The molecule has 6 aromatic rings. The highest BCUT2D eigenvalue weighted by Crippen LogP contribution is 2.28. The van der Waals surface area contributed by atoms with Gasteiger partial charge in [0.15, 0.2) is 0 Å². The van der Waals surface area contributed by atoms with Crippen LogP contribution >= 0.6 is 0 Å². The molecule has 14 heteroatoms. The number of carbonyl (C=O) groups is 3. The van der Waals surface area contributed by atoms with E-state index in [0.717, 1.165) is 70.6 Å². The van der Waals surface area contributed by atoms with Gasteiger partial charge in [0, 0.05) is 54.1 Å². The molecule has 0 saturated heterocycles. The van der Waals surface area contributed by atoms with Crippen molar-refractivity contribution in [3.63, 3.8) is 0 Å². The number of aliphatic hydroxyl groups excluding tert-OH is 1. The Morgan fingerprint density at radius 1 is 0.683 bits per heavy atom. The van der Waals surface area contributed by atoms with E-state index < -0.39 is 0 Å². The zero-order valence-corrected chi connectivity index (χ0v) is 35.4. The van der Waals surface area contributed by atoms with Crippen molar-refractivity contribution in [2.75, 3.05) is 27.4 Å². The first-order valence-corrected chi connectivity index (χ1v) is 20.4. The lowest BCUT2D eigenvalue weighted by molar-refractivity contribution is -0.144. The number of aromatic nitrogens is 6. The number of ketones is 1. The van der Waals surface area contributed by atoms with Gasteiger partial charge in [-0.25, -0.2) is 9.97 Å². The van der Waals surface area contributed by atoms with E-state index in [1.807, 2.05) is 54.3 Å². The van der Waals surface area contributed by atoms with E-state index in [1.165, 1.54) is 5.56 Å². The van der Waals surface area contributed by atoms with Crippen LogP contribution in [0.25, 0.3) is 21.8 Å². The summed E-state index contributed by atoms with van der Waals surface area (Å²) in [6.45, 7) is 7.67. The van der Waals surface area contributed by atoms with Crippen LogP contribution < -0.4 is 9.47 Å². The number of esters is 2. The highest BCUT2D eigenvalue weighted by atomic mass is 16.5. The monoisotopic (exact) mass is 820 g/mol. The second-order valence-electron chi connectivity index (χ2n) is 14.6. The molecule has 0 aliphatic carbocycles. The zero-order chi connectivity index (χ0) is 43.0. The maximum Gasteiger partial charge on any atom is 0.308 e. The first kappa shape index (κ1) is 44.9. The topological polar surface area (TPSA) is 170 Å². The number of aliphatic hydroxyl groups is 1. The van der Waals surface area contributed by atoms with Gasteiger partial charge in [0.25, 0.3) is 0 Å². The molecule has 6 rings (SSSR count). The van der Waals surface area contributed by atoms with Crippen LogP contribution in [-0.2, 0) is 36.7 Å². The van der Waals surface area contributed by atoms with Gasteiger partial charge < -0.3 is 28.8 Å². The Bertz CT molecular complexity index is 2300. The Morgan fingerprint density at radius 2 is 1.15 bits per heavy atom. The summed E-state index contributed by atoms with van der Waals surface area (Å²) >= 11 is 0. The van der Waals surface area contributed by atoms with Crippen LogP contribution in [0.3, 0.4) is 0 Å². The Balaban J connectivity index is 0.000000228. The molecule has 60 heavy (non-hydrogen) atoms. The number of ether oxygens (including phenoxy) is 4. The van der Waals surface area contributed by atoms with Crippen LogP contribution in [0.2, 0.25) is 0 Å². The van der Waals surface area contributed by atoms with Crippen LogP contribution in [0.1, 0.15) is 101 Å². The molecule has 0 fully saturated rings. The number of fused-ring (bicyclic) bond motifs is 2. The standard InChI is InChI=1S/C23H29N3O4.C23H27N3O4/c2*1-4-30-23(28)13-21(18-10-11-22(29-3)24-14-18)26-15-19-9-8-17(12-20(19)25-26)7-5-6-16(2)27/h8-12,14-16,21,27H,4-7,13H2,1-3H3;8-12,14-15,21H,4-7,13H2,1-3H3/t16?,21-;21-/m00/s1. The smallest absolute Gasteiger partial charge is 0.308 e. The van der Waals surface area contributed by atoms with Crippen LogP contribution in [0.4, 0.5) is 0 Å². The Kier molecular flexibility index (Phi) is 16.7. The van der Waals surface area contributed by atoms with Crippen molar-refractivity contribution < 1.29 is 38.4 Å². The fraction of sp³-hybridized carbons (Fsp3) is 0.413. The van der Waals surface area contributed by atoms with E-state index in [2.05, 4.69) is 28.2 Å². The third-order valence-corrected chi connectivity index (χ3v) is 9.94. The summed E-state index contributed by atoms with van der Waals surface area (Å²) in [5.74, 6) is 0.658. The first-order valence-electron chi connectivity index (χ1n) is 20.4. The molecule has 1 N–H and O–H groups in total. The molecule has 4 heterocycles. The number of pyridine rings is 2. The van der Waals surface area contributed by atoms with Gasteiger partial charge in [-0.05, 0) is 106 Å². The lowest BCUT2D eigenvalue weighted by Gasteiger charge is -2.17. The van der Waals surface area contributed by atoms with Gasteiger partial charge in [-0.3, -0.25) is 19.0 Å². The van der Waals surface area contributed by atoms with Crippen molar-refractivity contribution in [3.8, 4) is 11.8 Å². The molecule has 3 atom stereocenters. The van der Waals surface area contributed by atoms with E-state index >= 15 is 0 Å². The molecule has 4 aromatic heterocycles. The number of hydrogen-bond acceptors (Lipinski definition) is 12. The lowest BCUT2D eigenvalue weighted by atomic mass is 10.1. The normalized spacial score (nSPS) is 12.6. The van der Waals surface area contributed by atoms with Crippen LogP contribution in [0, 0.1) is 0 Å². The molecule has 0 saturated carbocycles. The summed E-state index contributed by atoms with van der Waals surface area (Å²) in [5, 5.41) is 20.9. The minimum absolute atomic E-state index is 0.154. The Labute approximate surface area is 350 Å². The summed E-state index contributed by atoms with van der Waals surface area (Å²) in [5.41, 5.74) is 5.75. The summed E-state index contributed by atoms with van der Waals surface area (Å²) in [6.07, 6.45) is 12.1. The van der Waals surface area contributed by atoms with E-state index in [4.69, 9.17) is 29.1 Å². The van der Waals surface area contributed by atoms with E-state index in [-0.39, 0.29) is 48.8 Å². The third kappa shape index (κ3) is 12.9. The van der Waals surface area contributed by atoms with Gasteiger partial charge in [-0.15, -0.1) is 0 Å². The summed E-state index contributed by atoms with van der Waals surface area (Å²) < 4.78 is 24.2. The lowest BCUT2D eigenvalue weighted by Crippen LogP contribution is -2.18. The summed E-state index contributed by atoms with van der Waals surface area (Å²) in [4.78, 5) is 44.2. The van der Waals surface area contributed by atoms with Crippen molar-refractivity contribution >= 4 is 39.5 Å². The number of aryl methyl sites for hydroxylation is 2. The van der Waals surface area contributed by atoms with Gasteiger partial charge in [0.2, 0.25) is 11.8 Å². The Hall–Kier alpha value is -6.15. The van der Waals surface area contributed by atoms with Crippen LogP contribution in [0.15, 0.2) is 85.5 Å². The van der Waals surface area contributed by atoms with Crippen molar-refractivity contribution in [2.24, 2.45) is 0 Å². The van der Waals surface area contributed by atoms with Crippen molar-refractivity contribution in [1.82, 2.24) is 29.5 Å². The quantitative estimate of drug-likeness (QED) is 0.0751. The molecule has 0 aliphatic rings. The fourth-order valence-electron chi connectivity index (χ4n) is 6.84. The van der Waals surface area contributed by atoms with E-state index in [0.29, 0.717) is 31.4 Å². The number of carbonyl (C=O) groups excluding carboxylic acids is 3. The molecule has 1 unspecified atom stereocenters. The third-order valence-electron chi connectivity index (χ3n) is 9.94. The fourth-order valence-corrected chi connectivity index (χ4v) is 6.84. The predicted molar refractivity (Wildman–Crippen MR) is 228 cm³/mol. The largest absolute Gasteiger partial charge is 0.481 e. The minimum Gasteiger partial charge on any atom is -0.481 e. The Morgan fingerprint density at radius 3 is 1.53 bits per heavy atom. The van der Waals surface area contributed by atoms with Gasteiger partial charge in [0.05, 0.1) is 69.5 Å². The molecule has 318 valence electrons. The van der Waals surface area contributed by atoms with Gasteiger partial charge >= 0.3 is 11.9 Å². The predicted octanol–water partition coefficient (Wildman–Crippen LogP) is 7.58. The number of methoxy groups -OCH3 is 2. The average molecular weight is 821 g/mol. The maximum atomic E-state index is 12.2. The number of rotatable bonds is 20. The number of hydrogen-bond donors (Lipinski definition) is 1. The van der Waals surface area contributed by atoms with Crippen LogP contribution in [0.5, 0.6) is 11.8 Å². The second-order valence-corrected chi connectivity index (χ2v) is 14.6. The molecular formula is C46H56N6O8. The maximum absolute atomic E-state index is 12.2. The molecule has 0 amide bonds. The van der Waals surface area contributed by atoms with Gasteiger partial charge in [-0.1, -0.05) is 24.3 Å². The first-order chi connectivity index (χ1) is 29.0. The molecule has 0 aliphatic heterocycles. The second kappa shape index (κ2) is 22.3. The van der Waals surface area contributed by atoms with Gasteiger partial charge in [0.1, 0.15) is 5.78 Å². The van der Waals surface area contributed by atoms with E-state index in [9.17, 15) is 19.5 Å². The van der Waals surface area contributed by atoms with Crippen LogP contribution in [-0.4, -0.2) is 85.9 Å². The molecule has 0 bridgehead atoms. The molecular weight excluding hydrogens is 765 g/mol. The molecule has 0 spiro atoms. The SMILES string of the molecule is CCOC(=O)C[C@@H](c1ccc(OC)nc1)n1cc2ccc(CCCC(C)=O)cc2n1.CCOC(=O)C[C@@H](c1ccc(OC)nc1)n1cc2ccc(CCCC(C)O)cc2n1.